The number of nitrogens with zero attached hydrogens (tertiary/aromatic N) is 1. The van der Waals surface area contributed by atoms with E-state index in [4.69, 9.17) is 5.73 Å². The van der Waals surface area contributed by atoms with Crippen LogP contribution in [0.5, 0.6) is 0 Å². The third kappa shape index (κ3) is 3.43. The topological polar surface area (TPSA) is 56.0 Å². The van der Waals surface area contributed by atoms with Crippen LogP contribution in [0.3, 0.4) is 0 Å². The molecule has 0 fully saturated rings. The number of Topliss-reactive ketones (excluding diaryl/α,β-unsaturated/α-hetero) is 1. The molecule has 0 atom stereocenters. The normalized spacial score (nSPS) is 11.6. The summed E-state index contributed by atoms with van der Waals surface area (Å²) in [5.74, 6) is -0.235. The zero-order valence-electron chi connectivity index (χ0n) is 10.3. The number of rotatable bonds is 4. The quantitative estimate of drug-likeness (QED) is 0.883. The van der Waals surface area contributed by atoms with Gasteiger partial charge in [-0.05, 0) is 17.7 Å². The number of hydrogen-bond donors (Lipinski definition) is 1. The maximum atomic E-state index is 12.4. The third-order valence-electron chi connectivity index (χ3n) is 2.66. The number of carbonyl (C=O) groups is 1. The minimum absolute atomic E-state index is 0.0197. The first-order valence-corrected chi connectivity index (χ1v) is 6.62. The summed E-state index contributed by atoms with van der Waals surface area (Å²) in [6.45, 7) is 0.262. The van der Waals surface area contributed by atoms with Crippen LogP contribution in [0.4, 0.5) is 13.2 Å². The maximum Gasteiger partial charge on any atom is 0.416 e. The number of carbonyl (C=O) groups excluding carboxylic acids is 1. The summed E-state index contributed by atoms with van der Waals surface area (Å²) in [6, 6.07) is 4.54. The lowest BCUT2D eigenvalue weighted by molar-refractivity contribution is -0.137. The molecule has 1 heterocycles. The van der Waals surface area contributed by atoms with E-state index < -0.39 is 11.7 Å². The first-order chi connectivity index (χ1) is 9.40. The van der Waals surface area contributed by atoms with E-state index in [0.29, 0.717) is 16.3 Å². The summed E-state index contributed by atoms with van der Waals surface area (Å²) in [5, 5.41) is 2.26. The fourth-order valence-corrected chi connectivity index (χ4v) is 2.30. The minimum Gasteiger partial charge on any atom is -0.325 e. The van der Waals surface area contributed by atoms with Crippen LogP contribution in [0.25, 0.3) is 0 Å². The summed E-state index contributed by atoms with van der Waals surface area (Å²) < 4.78 is 37.2. The van der Waals surface area contributed by atoms with Crippen LogP contribution in [0, 0.1) is 0 Å². The van der Waals surface area contributed by atoms with Gasteiger partial charge < -0.3 is 5.73 Å². The number of aromatic nitrogens is 1. The Kier molecular flexibility index (Phi) is 4.20. The molecule has 20 heavy (non-hydrogen) atoms. The standard InChI is InChI=1S/C13H11F3N2OS/c14-13(15,16)9-3-1-8(2-4-9)5-11(19)10-7-20-12(6-17)18-10/h1-4,7H,5-6,17H2. The Morgan fingerprint density at radius 2 is 1.90 bits per heavy atom. The van der Waals surface area contributed by atoms with E-state index in [0.717, 1.165) is 12.1 Å². The van der Waals surface area contributed by atoms with Crippen molar-refractivity contribution in [1.29, 1.82) is 0 Å². The number of hydrogen-bond acceptors (Lipinski definition) is 4. The first kappa shape index (κ1) is 14.7. The molecule has 0 spiro atoms. The first-order valence-electron chi connectivity index (χ1n) is 5.74. The molecule has 2 aromatic rings. The van der Waals surface area contributed by atoms with Gasteiger partial charge in [0.15, 0.2) is 5.78 Å². The Bertz CT molecular complexity index is 605. The van der Waals surface area contributed by atoms with Crippen molar-refractivity contribution in [2.24, 2.45) is 5.73 Å². The smallest absolute Gasteiger partial charge is 0.325 e. The van der Waals surface area contributed by atoms with Gasteiger partial charge in [0, 0.05) is 18.3 Å². The Hall–Kier alpha value is -1.73. The molecular weight excluding hydrogens is 289 g/mol. The van der Waals surface area contributed by atoms with Crippen molar-refractivity contribution in [3.63, 3.8) is 0 Å². The average molecular weight is 300 g/mol. The van der Waals surface area contributed by atoms with Crippen LogP contribution in [0.1, 0.15) is 26.6 Å². The van der Waals surface area contributed by atoms with Crippen molar-refractivity contribution in [3.8, 4) is 0 Å². The van der Waals surface area contributed by atoms with E-state index in [1.165, 1.54) is 23.5 Å². The highest BCUT2D eigenvalue weighted by molar-refractivity contribution is 7.09. The van der Waals surface area contributed by atoms with E-state index in [2.05, 4.69) is 4.98 Å². The summed E-state index contributed by atoms with van der Waals surface area (Å²) in [6.07, 6.45) is -4.35. The molecular formula is C13H11F3N2OS. The van der Waals surface area contributed by atoms with Gasteiger partial charge in [-0.25, -0.2) is 4.98 Å². The molecule has 2 rings (SSSR count). The molecule has 0 aliphatic rings. The lowest BCUT2D eigenvalue weighted by Gasteiger charge is -2.06. The van der Waals surface area contributed by atoms with Crippen LogP contribution < -0.4 is 5.73 Å². The molecule has 0 aliphatic heterocycles. The molecule has 0 unspecified atom stereocenters. The van der Waals surface area contributed by atoms with Crippen molar-refractivity contribution >= 4 is 17.1 Å². The second-order valence-electron chi connectivity index (χ2n) is 4.13. The fourth-order valence-electron chi connectivity index (χ4n) is 1.62. The Morgan fingerprint density at radius 1 is 1.25 bits per heavy atom. The van der Waals surface area contributed by atoms with Crippen LogP contribution in [-0.4, -0.2) is 10.8 Å². The molecule has 1 aromatic carbocycles. The average Bonchev–Trinajstić information content (AvgIpc) is 2.87. The number of alkyl halides is 3. The van der Waals surface area contributed by atoms with Crippen LogP contribution >= 0.6 is 11.3 Å². The fraction of sp³-hybridized carbons (Fsp3) is 0.231. The monoisotopic (exact) mass is 300 g/mol. The number of nitrogens with two attached hydrogens (primary N) is 1. The highest BCUT2D eigenvalue weighted by Gasteiger charge is 2.30. The molecule has 3 nitrogen and oxygen atoms in total. The molecule has 0 amide bonds. The summed E-state index contributed by atoms with van der Waals surface area (Å²) >= 11 is 1.29. The van der Waals surface area contributed by atoms with Gasteiger partial charge in [0.05, 0.1) is 5.56 Å². The van der Waals surface area contributed by atoms with Gasteiger partial charge in [-0.2, -0.15) is 13.2 Å². The van der Waals surface area contributed by atoms with E-state index in [9.17, 15) is 18.0 Å². The van der Waals surface area contributed by atoms with E-state index in [-0.39, 0.29) is 18.7 Å². The second-order valence-corrected chi connectivity index (χ2v) is 5.07. The minimum atomic E-state index is -4.37. The van der Waals surface area contributed by atoms with E-state index >= 15 is 0 Å². The molecule has 0 saturated heterocycles. The van der Waals surface area contributed by atoms with E-state index in [1.807, 2.05) is 0 Å². The zero-order chi connectivity index (χ0) is 14.8. The lowest BCUT2D eigenvalue weighted by Crippen LogP contribution is -2.07. The molecule has 2 N–H and O–H groups in total. The van der Waals surface area contributed by atoms with Crippen LogP contribution in [0.2, 0.25) is 0 Å². The highest BCUT2D eigenvalue weighted by Crippen LogP contribution is 2.29. The van der Waals surface area contributed by atoms with Gasteiger partial charge in [0.2, 0.25) is 0 Å². The van der Waals surface area contributed by atoms with Gasteiger partial charge >= 0.3 is 6.18 Å². The maximum absolute atomic E-state index is 12.4. The number of benzene rings is 1. The Labute approximate surface area is 117 Å². The lowest BCUT2D eigenvalue weighted by atomic mass is 10.1. The largest absolute Gasteiger partial charge is 0.416 e. The Balaban J connectivity index is 2.08. The van der Waals surface area contributed by atoms with Gasteiger partial charge in [0.1, 0.15) is 10.7 Å². The van der Waals surface area contributed by atoms with Crippen molar-refractivity contribution in [2.75, 3.05) is 0 Å². The summed E-state index contributed by atoms with van der Waals surface area (Å²) in [5.41, 5.74) is 5.49. The van der Waals surface area contributed by atoms with Crippen molar-refractivity contribution in [2.45, 2.75) is 19.1 Å². The number of halogens is 3. The van der Waals surface area contributed by atoms with Crippen molar-refractivity contribution in [1.82, 2.24) is 4.98 Å². The molecule has 0 radical (unpaired) electrons. The zero-order valence-corrected chi connectivity index (χ0v) is 11.1. The van der Waals surface area contributed by atoms with Crippen molar-refractivity contribution in [3.05, 3.63) is 51.5 Å². The van der Waals surface area contributed by atoms with Crippen LogP contribution in [0.15, 0.2) is 29.6 Å². The Morgan fingerprint density at radius 3 is 2.40 bits per heavy atom. The van der Waals surface area contributed by atoms with Crippen molar-refractivity contribution < 1.29 is 18.0 Å². The van der Waals surface area contributed by atoms with Gasteiger partial charge in [-0.3, -0.25) is 4.79 Å². The summed E-state index contributed by atoms with van der Waals surface area (Å²) in [4.78, 5) is 16.0. The van der Waals surface area contributed by atoms with Crippen LogP contribution in [-0.2, 0) is 19.1 Å². The third-order valence-corrected chi connectivity index (χ3v) is 3.53. The highest BCUT2D eigenvalue weighted by atomic mass is 32.1. The van der Waals surface area contributed by atoms with Gasteiger partial charge in [0.25, 0.3) is 0 Å². The molecule has 0 saturated carbocycles. The number of thiazole rings is 1. The summed E-state index contributed by atoms with van der Waals surface area (Å²) in [7, 11) is 0. The predicted octanol–water partition coefficient (Wildman–Crippen LogP) is 3.05. The van der Waals surface area contributed by atoms with E-state index in [1.54, 1.807) is 5.38 Å². The second kappa shape index (κ2) is 5.72. The van der Waals surface area contributed by atoms with Gasteiger partial charge in [-0.15, -0.1) is 11.3 Å². The molecule has 106 valence electrons. The molecule has 0 bridgehead atoms. The number of ketones is 1. The SMILES string of the molecule is NCc1nc(C(=O)Cc2ccc(C(F)(F)F)cc2)cs1. The molecule has 0 aliphatic carbocycles. The van der Waals surface area contributed by atoms with Gasteiger partial charge in [-0.1, -0.05) is 12.1 Å². The predicted molar refractivity (Wildman–Crippen MR) is 69.5 cm³/mol. The molecule has 7 heteroatoms. The molecule has 1 aromatic heterocycles.